The molecule has 0 aliphatic heterocycles. The summed E-state index contributed by atoms with van der Waals surface area (Å²) in [5.41, 5.74) is 0. The zero-order chi connectivity index (χ0) is 10.4. The van der Waals surface area contributed by atoms with Crippen molar-refractivity contribution >= 4 is 5.97 Å². The van der Waals surface area contributed by atoms with Crippen LogP contribution in [0.1, 0.15) is 27.2 Å². The number of hydrogen-bond donors (Lipinski definition) is 1. The van der Waals surface area contributed by atoms with Gasteiger partial charge in [0.15, 0.2) is 0 Å². The van der Waals surface area contributed by atoms with E-state index in [1.54, 1.807) is 4.90 Å². The molecule has 1 N–H and O–H groups in total. The number of hydrogen-bond acceptors (Lipinski definition) is 3. The van der Waals surface area contributed by atoms with Crippen LogP contribution in [0.3, 0.4) is 0 Å². The van der Waals surface area contributed by atoms with E-state index in [1.807, 2.05) is 20.8 Å². The van der Waals surface area contributed by atoms with Crippen molar-refractivity contribution < 1.29 is 9.90 Å². The summed E-state index contributed by atoms with van der Waals surface area (Å²) in [6, 6.07) is 1.89. The molecule has 0 aromatic rings. The Labute approximate surface area is 78.8 Å². The average Bonchev–Trinajstić information content (AvgIpc) is 2.04. The highest BCUT2D eigenvalue weighted by atomic mass is 16.4. The number of aliphatic carboxylic acids is 1. The van der Waals surface area contributed by atoms with Crippen molar-refractivity contribution in [2.75, 3.05) is 6.54 Å². The van der Waals surface area contributed by atoms with Gasteiger partial charge in [0.05, 0.1) is 18.7 Å². The standard InChI is InChI=1S/C9H16N2O2/c1-4-8(5-10)11(7(2)3)6-9(12)13/h7-8H,4,6H2,1-3H3,(H,12,13). The number of carbonyl (C=O) groups is 1. The third-order valence-electron chi connectivity index (χ3n) is 1.92. The van der Waals surface area contributed by atoms with Crippen molar-refractivity contribution in [1.29, 1.82) is 5.26 Å². The van der Waals surface area contributed by atoms with Crippen molar-refractivity contribution in [2.24, 2.45) is 0 Å². The molecule has 74 valence electrons. The predicted molar refractivity (Wildman–Crippen MR) is 49.2 cm³/mol. The van der Waals surface area contributed by atoms with Gasteiger partial charge in [-0.05, 0) is 20.3 Å². The number of rotatable bonds is 5. The summed E-state index contributed by atoms with van der Waals surface area (Å²) < 4.78 is 0. The molecular weight excluding hydrogens is 168 g/mol. The Morgan fingerprint density at radius 2 is 2.15 bits per heavy atom. The Bertz CT molecular complexity index is 208. The van der Waals surface area contributed by atoms with E-state index in [-0.39, 0.29) is 18.6 Å². The maximum Gasteiger partial charge on any atom is 0.317 e. The molecule has 0 saturated carbocycles. The molecule has 13 heavy (non-hydrogen) atoms. The fraction of sp³-hybridized carbons (Fsp3) is 0.778. The molecule has 0 aromatic carbocycles. The molecule has 0 radical (unpaired) electrons. The second kappa shape index (κ2) is 5.55. The molecule has 0 spiro atoms. The monoisotopic (exact) mass is 184 g/mol. The minimum atomic E-state index is -0.887. The van der Waals surface area contributed by atoms with Crippen molar-refractivity contribution in [2.45, 2.75) is 39.3 Å². The van der Waals surface area contributed by atoms with E-state index in [0.29, 0.717) is 6.42 Å². The quantitative estimate of drug-likeness (QED) is 0.694. The largest absolute Gasteiger partial charge is 0.480 e. The smallest absolute Gasteiger partial charge is 0.317 e. The van der Waals surface area contributed by atoms with Crippen molar-refractivity contribution in [3.63, 3.8) is 0 Å². The van der Waals surface area contributed by atoms with Crippen LogP contribution in [0.4, 0.5) is 0 Å². The first-order valence-corrected chi connectivity index (χ1v) is 4.40. The molecule has 0 aliphatic rings. The van der Waals surface area contributed by atoms with E-state index in [4.69, 9.17) is 10.4 Å². The lowest BCUT2D eigenvalue weighted by molar-refractivity contribution is -0.139. The van der Waals surface area contributed by atoms with Gasteiger partial charge in [-0.1, -0.05) is 6.92 Å². The normalized spacial score (nSPS) is 12.9. The van der Waals surface area contributed by atoms with Crippen LogP contribution >= 0.6 is 0 Å². The first-order valence-electron chi connectivity index (χ1n) is 4.40. The van der Waals surface area contributed by atoms with Gasteiger partial charge in [0.25, 0.3) is 0 Å². The topological polar surface area (TPSA) is 64.3 Å². The van der Waals surface area contributed by atoms with Gasteiger partial charge in [-0.15, -0.1) is 0 Å². The molecule has 0 heterocycles. The lowest BCUT2D eigenvalue weighted by Gasteiger charge is -2.28. The molecule has 0 saturated heterocycles. The van der Waals surface area contributed by atoms with Crippen LogP contribution in [0.5, 0.6) is 0 Å². The first kappa shape index (κ1) is 11.9. The number of carboxylic acids is 1. The zero-order valence-electron chi connectivity index (χ0n) is 8.32. The summed E-state index contributed by atoms with van der Waals surface area (Å²) >= 11 is 0. The molecule has 1 unspecified atom stereocenters. The minimum Gasteiger partial charge on any atom is -0.480 e. The number of nitrogens with zero attached hydrogens (tertiary/aromatic N) is 2. The van der Waals surface area contributed by atoms with Gasteiger partial charge in [0.1, 0.15) is 0 Å². The van der Waals surface area contributed by atoms with Crippen molar-refractivity contribution in [3.8, 4) is 6.07 Å². The van der Waals surface area contributed by atoms with E-state index in [2.05, 4.69) is 6.07 Å². The SMILES string of the molecule is CCC(C#N)N(CC(=O)O)C(C)C. The van der Waals surface area contributed by atoms with E-state index < -0.39 is 5.97 Å². The average molecular weight is 184 g/mol. The molecule has 4 heteroatoms. The van der Waals surface area contributed by atoms with Gasteiger partial charge in [0, 0.05) is 6.04 Å². The van der Waals surface area contributed by atoms with Crippen LogP contribution in [-0.2, 0) is 4.79 Å². The van der Waals surface area contributed by atoms with Crippen LogP contribution < -0.4 is 0 Å². The highest BCUT2D eigenvalue weighted by Crippen LogP contribution is 2.07. The summed E-state index contributed by atoms with van der Waals surface area (Å²) in [6.07, 6.45) is 0.655. The van der Waals surface area contributed by atoms with E-state index in [9.17, 15) is 4.79 Å². The molecule has 0 amide bonds. The van der Waals surface area contributed by atoms with Gasteiger partial charge in [-0.25, -0.2) is 0 Å². The van der Waals surface area contributed by atoms with Gasteiger partial charge in [0.2, 0.25) is 0 Å². The summed E-state index contributed by atoms with van der Waals surface area (Å²) in [6.45, 7) is 5.60. The highest BCUT2D eigenvalue weighted by Gasteiger charge is 2.21. The van der Waals surface area contributed by atoms with Crippen LogP contribution in [0, 0.1) is 11.3 Å². The highest BCUT2D eigenvalue weighted by molar-refractivity contribution is 5.69. The Morgan fingerprint density at radius 3 is 2.38 bits per heavy atom. The lowest BCUT2D eigenvalue weighted by atomic mass is 10.1. The van der Waals surface area contributed by atoms with Crippen LogP contribution in [-0.4, -0.2) is 34.6 Å². The van der Waals surface area contributed by atoms with Gasteiger partial charge in [-0.3, -0.25) is 9.69 Å². The van der Waals surface area contributed by atoms with Gasteiger partial charge < -0.3 is 5.11 Å². The summed E-state index contributed by atoms with van der Waals surface area (Å²) in [5.74, 6) is -0.887. The summed E-state index contributed by atoms with van der Waals surface area (Å²) in [7, 11) is 0. The Kier molecular flexibility index (Phi) is 5.09. The van der Waals surface area contributed by atoms with Crippen LogP contribution in [0.15, 0.2) is 0 Å². The van der Waals surface area contributed by atoms with Crippen molar-refractivity contribution in [1.82, 2.24) is 4.90 Å². The third kappa shape index (κ3) is 3.90. The number of carboxylic acid groups (broad SMARTS) is 1. The maximum absolute atomic E-state index is 10.5. The third-order valence-corrected chi connectivity index (χ3v) is 1.92. The molecular formula is C9H16N2O2. The van der Waals surface area contributed by atoms with Crippen molar-refractivity contribution in [3.05, 3.63) is 0 Å². The summed E-state index contributed by atoms with van der Waals surface area (Å²) in [4.78, 5) is 12.2. The molecule has 1 atom stereocenters. The fourth-order valence-electron chi connectivity index (χ4n) is 1.21. The van der Waals surface area contributed by atoms with E-state index in [0.717, 1.165) is 0 Å². The van der Waals surface area contributed by atoms with E-state index in [1.165, 1.54) is 0 Å². The zero-order valence-corrected chi connectivity index (χ0v) is 8.32. The van der Waals surface area contributed by atoms with Crippen LogP contribution in [0.25, 0.3) is 0 Å². The lowest BCUT2D eigenvalue weighted by Crippen LogP contribution is -2.42. The van der Waals surface area contributed by atoms with Crippen LogP contribution in [0.2, 0.25) is 0 Å². The Morgan fingerprint density at radius 1 is 1.62 bits per heavy atom. The Balaban J connectivity index is 4.41. The van der Waals surface area contributed by atoms with Gasteiger partial charge in [-0.2, -0.15) is 5.26 Å². The van der Waals surface area contributed by atoms with E-state index >= 15 is 0 Å². The maximum atomic E-state index is 10.5. The van der Waals surface area contributed by atoms with Gasteiger partial charge >= 0.3 is 5.97 Å². The molecule has 0 fully saturated rings. The molecule has 0 aliphatic carbocycles. The Hall–Kier alpha value is -1.08. The molecule has 0 bridgehead atoms. The minimum absolute atomic E-state index is 0.0657. The predicted octanol–water partition coefficient (Wildman–Crippen LogP) is 1.08. The molecule has 4 nitrogen and oxygen atoms in total. The molecule has 0 aromatic heterocycles. The second-order valence-corrected chi connectivity index (χ2v) is 3.21. The summed E-state index contributed by atoms with van der Waals surface area (Å²) in [5, 5.41) is 17.4. The fourth-order valence-corrected chi connectivity index (χ4v) is 1.21. The first-order chi connectivity index (χ1) is 6.02. The number of nitriles is 1. The molecule has 0 rings (SSSR count). The second-order valence-electron chi connectivity index (χ2n) is 3.21.